The van der Waals surface area contributed by atoms with Crippen molar-refractivity contribution in [3.63, 3.8) is 0 Å². The highest BCUT2D eigenvalue weighted by Crippen LogP contribution is 2.73. The SMILES string of the molecule is [2H]C1([2H])Cc2ccc(nc2)-c2ccc(cc2)CCC23CC4CC5(C2)CC(C4)(C3)C([2H])([2H])C([2H])([2H])c2ccc(cc2)-c2cc(-c3ccc(C4([2H])CCC(C)(C)CC4)cc3)c(cn2)CC([2H])([2H])c2cc1cc(c2)C([2H])([2H])Cc1ccc(nc1)-c1ccc(cc1)C([2H])([2H])C5([2H])[2H]. The first-order chi connectivity index (χ1) is 43.6. The second-order valence-corrected chi connectivity index (χ2v) is 25.0. The number of nitrogens with zero attached hydrogens (tertiary/aromatic N) is 3. The van der Waals surface area contributed by atoms with E-state index in [0.717, 1.165) is 35.1 Å². The van der Waals surface area contributed by atoms with Gasteiger partial charge in [0.2, 0.25) is 0 Å². The summed E-state index contributed by atoms with van der Waals surface area (Å²) < 4.78 is 150. The van der Waals surface area contributed by atoms with Crippen molar-refractivity contribution in [2.75, 3.05) is 0 Å². The number of hydrogen-bond donors (Lipinski definition) is 0. The van der Waals surface area contributed by atoms with Gasteiger partial charge in [-0.25, -0.2) is 0 Å². The van der Waals surface area contributed by atoms with E-state index in [0.29, 0.717) is 108 Å². The molecule has 3 heteroatoms. The van der Waals surface area contributed by atoms with Gasteiger partial charge in [-0.05, 0) is 259 Å². The van der Waals surface area contributed by atoms with Crippen LogP contribution in [0.5, 0.6) is 0 Å². The summed E-state index contributed by atoms with van der Waals surface area (Å²) in [7, 11) is 0. The summed E-state index contributed by atoms with van der Waals surface area (Å²) in [5, 5.41) is 0. The quantitative estimate of drug-likeness (QED) is 0.173. The molecular formula is C75H79N3. The summed E-state index contributed by atoms with van der Waals surface area (Å²) >= 11 is 0. The van der Waals surface area contributed by atoms with Crippen molar-refractivity contribution in [3.8, 4) is 44.9 Å². The van der Waals surface area contributed by atoms with E-state index in [2.05, 4.69) is 13.8 Å². The number of pyridine rings is 3. The molecule has 26 aliphatic rings. The summed E-state index contributed by atoms with van der Waals surface area (Å²) in [5.74, 6) is -0.980. The van der Waals surface area contributed by atoms with E-state index in [1.807, 2.05) is 66.7 Å². The molecule has 4 unspecified atom stereocenters. The topological polar surface area (TPSA) is 38.7 Å². The average Bonchev–Trinajstić information content (AvgIpc) is 0.666. The summed E-state index contributed by atoms with van der Waals surface area (Å²) in [6, 6.07) is 42.9. The standard InChI is InChI=1S/C75H79N3/c1-72(2)34-32-62(33-35-72)61-23-25-63(26-24-61)68-42-71-66-20-11-54(12-21-66)31-38-75-45-60-43-73(50-75)36-29-52-7-16-64(17-8-52)69-27-14-55(46-76-69)3-5-57-39-58(41-59(40-57)13-22-67(68)48-78-71)6-4-56-15-28-70(77-47-56)65-18-9-53(10-19-65)30-37-74(44-60,49-73)51-75/h7-12,14-21,23-28,39-42,46-48,60,62H,3-6,13,22,29-38,43-45,49-51H2,1-2H3/i5D2,6D2,13D2,29D2,31D2,36D2,38D2,62D. The van der Waals surface area contributed by atoms with E-state index in [4.69, 9.17) is 15.0 Å². The van der Waals surface area contributed by atoms with Gasteiger partial charge in [-0.2, -0.15) is 0 Å². The Kier molecular flexibility index (Phi) is 9.37. The number of rotatable bonds is 2. The molecule has 0 radical (unpaired) electrons. The number of hydrogen-bond acceptors (Lipinski definition) is 3. The maximum atomic E-state index is 10.4. The molecule has 8 aromatic rings. The van der Waals surface area contributed by atoms with Crippen molar-refractivity contribution in [3.05, 3.63) is 220 Å². The minimum absolute atomic E-state index is 0.0440. The minimum Gasteiger partial charge on any atom is -0.256 e. The van der Waals surface area contributed by atoms with Crippen molar-refractivity contribution in [2.45, 2.75) is 161 Å². The highest BCUT2D eigenvalue weighted by Gasteiger charge is 2.62. The first kappa shape index (κ1) is 35.9. The fourth-order valence-electron chi connectivity index (χ4n) is 14.7. The predicted octanol–water partition coefficient (Wildman–Crippen LogP) is 18.4. The molecule has 14 aliphatic carbocycles. The molecule has 15 heterocycles. The zero-order valence-corrected chi connectivity index (χ0v) is 45.1. The average molecular weight is 1040 g/mol. The molecule has 78 heavy (non-hydrogen) atoms. The fraction of sp³-hybridized carbons (Fsp3) is 0.400. The van der Waals surface area contributed by atoms with Crippen molar-refractivity contribution >= 4 is 0 Å². The van der Waals surface area contributed by atoms with Gasteiger partial charge in [-0.15, -0.1) is 0 Å². The van der Waals surface area contributed by atoms with Crippen molar-refractivity contribution < 1.29 is 20.6 Å². The Balaban J connectivity index is 0.967. The van der Waals surface area contributed by atoms with Gasteiger partial charge in [-0.1, -0.05) is 141 Å². The molecule has 19 bridgehead atoms. The van der Waals surface area contributed by atoms with Crippen molar-refractivity contribution in [1.29, 1.82) is 0 Å². The molecule has 3 aromatic heterocycles. The molecule has 0 saturated heterocycles. The van der Waals surface area contributed by atoms with Gasteiger partial charge in [0.1, 0.15) is 0 Å². The van der Waals surface area contributed by atoms with E-state index >= 15 is 0 Å². The van der Waals surface area contributed by atoms with Crippen molar-refractivity contribution in [2.24, 2.45) is 27.6 Å². The van der Waals surface area contributed by atoms with E-state index in [9.17, 15) is 20.6 Å². The Labute approximate surface area is 486 Å². The second kappa shape index (κ2) is 20.3. The van der Waals surface area contributed by atoms with Gasteiger partial charge < -0.3 is 0 Å². The predicted molar refractivity (Wildman–Crippen MR) is 322 cm³/mol. The lowest BCUT2D eigenvalue weighted by atomic mass is 9.37. The first-order valence-electron chi connectivity index (χ1n) is 36.1. The van der Waals surface area contributed by atoms with E-state index in [1.165, 1.54) is 18.2 Å². The zero-order valence-electron chi connectivity index (χ0n) is 60.1. The third-order valence-corrected chi connectivity index (χ3v) is 18.5. The van der Waals surface area contributed by atoms with E-state index in [1.54, 1.807) is 79.3 Å². The Morgan fingerprint density at radius 1 is 0.410 bits per heavy atom. The van der Waals surface area contributed by atoms with E-state index in [-0.39, 0.29) is 64.8 Å². The molecule has 34 rings (SSSR count). The van der Waals surface area contributed by atoms with Gasteiger partial charge in [-0.3, -0.25) is 15.0 Å². The molecule has 3 spiro atoms. The summed E-state index contributed by atoms with van der Waals surface area (Å²) in [6.45, 7) is 4.50. The molecule has 3 nitrogen and oxygen atoms in total. The van der Waals surface area contributed by atoms with Crippen LogP contribution in [0.1, 0.15) is 179 Å². The summed E-state index contributed by atoms with van der Waals surface area (Å²) in [6.07, 6.45) is -6.31. The van der Waals surface area contributed by atoms with Gasteiger partial charge in [0, 0.05) is 55.8 Å². The van der Waals surface area contributed by atoms with E-state index < -0.39 is 66.7 Å². The van der Waals surface area contributed by atoms with Crippen LogP contribution in [-0.4, -0.2) is 15.0 Å². The van der Waals surface area contributed by atoms with Crippen LogP contribution < -0.4 is 0 Å². The van der Waals surface area contributed by atoms with Crippen molar-refractivity contribution in [1.82, 2.24) is 15.0 Å². The minimum atomic E-state index is -2.62. The fourth-order valence-corrected chi connectivity index (χ4v) is 14.7. The molecule has 0 N–H and O–H groups in total. The zero-order chi connectivity index (χ0) is 65.8. The first-order valence-corrected chi connectivity index (χ1v) is 28.6. The molecular weight excluding hydrogens is 943 g/mol. The van der Waals surface area contributed by atoms with Crippen LogP contribution in [0.15, 0.2) is 164 Å². The number of aryl methyl sites for hydroxylation is 9. The van der Waals surface area contributed by atoms with Crippen LogP contribution in [0.4, 0.5) is 0 Å². The molecule has 5 aromatic carbocycles. The largest absolute Gasteiger partial charge is 0.256 e. The van der Waals surface area contributed by atoms with Gasteiger partial charge in [0.05, 0.1) is 17.1 Å². The highest BCUT2D eigenvalue weighted by molar-refractivity contribution is 5.74. The molecule has 394 valence electrons. The van der Waals surface area contributed by atoms with Crippen LogP contribution in [0, 0.1) is 27.6 Å². The molecule has 0 amide bonds. The Bertz CT molecular complexity index is 4160. The molecule has 5 saturated carbocycles. The maximum Gasteiger partial charge on any atom is 0.0708 e. The summed E-state index contributed by atoms with van der Waals surface area (Å²) in [5.41, 5.74) is 5.76. The van der Waals surface area contributed by atoms with Crippen LogP contribution in [0.2, 0.25) is 0 Å². The third kappa shape index (κ3) is 10.5. The number of benzene rings is 5. The maximum absolute atomic E-state index is 10.4. The monoisotopic (exact) mass is 1040 g/mol. The second-order valence-electron chi connectivity index (χ2n) is 25.0. The Morgan fingerprint density at radius 3 is 1.41 bits per heavy atom. The lowest BCUT2D eigenvalue weighted by Crippen LogP contribution is -2.57. The van der Waals surface area contributed by atoms with Crippen LogP contribution in [0.25, 0.3) is 44.9 Å². The normalized spacial score (nSPS) is 32.5. The molecule has 4 atom stereocenters. The highest BCUT2D eigenvalue weighted by atomic mass is 14.7. The van der Waals surface area contributed by atoms with Crippen LogP contribution in [0.3, 0.4) is 0 Å². The lowest BCUT2D eigenvalue weighted by molar-refractivity contribution is -0.166. The number of aromatic nitrogens is 3. The lowest BCUT2D eigenvalue weighted by Gasteiger charge is -2.67. The smallest absolute Gasteiger partial charge is 0.0708 e. The van der Waals surface area contributed by atoms with Crippen LogP contribution >= 0.6 is 0 Å². The van der Waals surface area contributed by atoms with Gasteiger partial charge in [0.25, 0.3) is 0 Å². The Hall–Kier alpha value is -6.45. The summed E-state index contributed by atoms with van der Waals surface area (Å²) in [4.78, 5) is 14.5. The van der Waals surface area contributed by atoms with Crippen LogP contribution in [-0.2, 0) is 57.5 Å². The van der Waals surface area contributed by atoms with Gasteiger partial charge in [0.15, 0.2) is 0 Å². The Morgan fingerprint density at radius 2 is 0.872 bits per heavy atom. The molecule has 5 fully saturated rings. The third-order valence-electron chi connectivity index (χ3n) is 18.5. The molecule has 12 aliphatic heterocycles. The van der Waals surface area contributed by atoms with Gasteiger partial charge >= 0.3 is 0 Å².